The summed E-state index contributed by atoms with van der Waals surface area (Å²) in [6, 6.07) is 24.9. The van der Waals surface area contributed by atoms with E-state index in [9.17, 15) is 4.21 Å². The van der Waals surface area contributed by atoms with Crippen LogP contribution in [-0.2, 0) is 10.8 Å². The van der Waals surface area contributed by atoms with Crippen molar-refractivity contribution in [1.82, 2.24) is 0 Å². The van der Waals surface area contributed by atoms with Crippen molar-refractivity contribution in [2.75, 3.05) is 12.4 Å². The predicted octanol–water partition coefficient (Wildman–Crippen LogP) is 4.37. The first kappa shape index (κ1) is 16.7. The highest BCUT2D eigenvalue weighted by atomic mass is 32.2. The summed E-state index contributed by atoms with van der Waals surface area (Å²) in [6.45, 7) is 0. The van der Waals surface area contributed by atoms with E-state index in [1.165, 1.54) is 0 Å². The standard InChI is InChI=1S/C21H19NO3S/c1-24-17-13-11-16(12-14-17)22-20(15-7-3-2-4-8-15)21-25-18-9-5-6-10-19(18)26(21)23/h2-14,20-22H,1H3/t20-,21+,26+/m1/s1. The molecule has 0 fully saturated rings. The molecule has 5 heteroatoms. The topological polar surface area (TPSA) is 47.6 Å². The summed E-state index contributed by atoms with van der Waals surface area (Å²) in [6.07, 6.45) is 0. The van der Waals surface area contributed by atoms with Gasteiger partial charge in [-0.15, -0.1) is 0 Å². The third-order valence-corrected chi connectivity index (χ3v) is 5.92. The number of anilines is 1. The largest absolute Gasteiger partial charge is 0.497 e. The highest BCUT2D eigenvalue weighted by molar-refractivity contribution is 7.86. The molecule has 132 valence electrons. The third-order valence-electron chi connectivity index (χ3n) is 4.36. The fraction of sp³-hybridized carbons (Fsp3) is 0.143. The lowest BCUT2D eigenvalue weighted by molar-refractivity contribution is 0.267. The van der Waals surface area contributed by atoms with Crippen molar-refractivity contribution in [1.29, 1.82) is 0 Å². The van der Waals surface area contributed by atoms with Gasteiger partial charge < -0.3 is 14.8 Å². The van der Waals surface area contributed by atoms with E-state index in [2.05, 4.69) is 5.32 Å². The number of methoxy groups -OCH3 is 1. The van der Waals surface area contributed by atoms with Crippen molar-refractivity contribution in [2.24, 2.45) is 0 Å². The molecule has 1 aliphatic rings. The zero-order chi connectivity index (χ0) is 17.9. The Labute approximate surface area is 155 Å². The number of para-hydroxylation sites is 1. The summed E-state index contributed by atoms with van der Waals surface area (Å²) < 4.78 is 24.3. The van der Waals surface area contributed by atoms with Gasteiger partial charge in [-0.1, -0.05) is 42.5 Å². The molecular formula is C21H19NO3S. The minimum atomic E-state index is -1.26. The molecule has 0 spiro atoms. The van der Waals surface area contributed by atoms with Crippen molar-refractivity contribution in [3.05, 3.63) is 84.4 Å². The summed E-state index contributed by atoms with van der Waals surface area (Å²) in [5.41, 5.74) is 1.43. The van der Waals surface area contributed by atoms with Crippen molar-refractivity contribution < 1.29 is 13.7 Å². The maximum Gasteiger partial charge on any atom is 0.201 e. The normalized spacial score (nSPS) is 19.3. The Morgan fingerprint density at radius 2 is 1.65 bits per heavy atom. The number of hydrogen-bond donors (Lipinski definition) is 1. The second-order valence-corrected chi connectivity index (χ2v) is 7.49. The molecule has 0 saturated carbocycles. The quantitative estimate of drug-likeness (QED) is 0.729. The van der Waals surface area contributed by atoms with Gasteiger partial charge in [-0.3, -0.25) is 4.21 Å². The van der Waals surface area contributed by atoms with Gasteiger partial charge in [0.2, 0.25) is 5.44 Å². The smallest absolute Gasteiger partial charge is 0.201 e. The van der Waals surface area contributed by atoms with Crippen LogP contribution in [0.2, 0.25) is 0 Å². The minimum Gasteiger partial charge on any atom is -0.497 e. The van der Waals surface area contributed by atoms with Crippen LogP contribution in [0.5, 0.6) is 11.5 Å². The van der Waals surface area contributed by atoms with Crippen molar-refractivity contribution in [3.63, 3.8) is 0 Å². The summed E-state index contributed by atoms with van der Waals surface area (Å²) in [5, 5.41) is 3.48. The second kappa shape index (κ2) is 7.22. The molecule has 3 aromatic rings. The van der Waals surface area contributed by atoms with Crippen LogP contribution >= 0.6 is 0 Å². The molecule has 4 nitrogen and oxygen atoms in total. The first-order valence-electron chi connectivity index (χ1n) is 8.38. The second-order valence-electron chi connectivity index (χ2n) is 5.99. The number of ether oxygens (including phenoxy) is 2. The fourth-order valence-electron chi connectivity index (χ4n) is 3.04. The maximum atomic E-state index is 13.0. The van der Waals surface area contributed by atoms with Crippen molar-refractivity contribution in [3.8, 4) is 11.5 Å². The Hall–Kier alpha value is -2.79. The number of benzene rings is 3. The lowest BCUT2D eigenvalue weighted by Gasteiger charge is -2.25. The van der Waals surface area contributed by atoms with Crippen molar-refractivity contribution >= 4 is 16.5 Å². The van der Waals surface area contributed by atoms with Gasteiger partial charge in [0.05, 0.1) is 12.0 Å². The zero-order valence-corrected chi connectivity index (χ0v) is 15.1. The van der Waals surface area contributed by atoms with Gasteiger partial charge in [0.25, 0.3) is 0 Å². The number of nitrogens with one attached hydrogen (secondary N) is 1. The Balaban J connectivity index is 1.67. The molecule has 0 unspecified atom stereocenters. The van der Waals surface area contributed by atoms with Gasteiger partial charge in [0.1, 0.15) is 28.3 Å². The lowest BCUT2D eigenvalue weighted by atomic mass is 10.1. The Morgan fingerprint density at radius 1 is 0.962 bits per heavy atom. The van der Waals surface area contributed by atoms with Gasteiger partial charge in [-0.2, -0.15) is 0 Å². The van der Waals surface area contributed by atoms with Gasteiger partial charge in [0.15, 0.2) is 0 Å². The van der Waals surface area contributed by atoms with Gasteiger partial charge in [-0.05, 0) is 42.0 Å². The molecule has 4 rings (SSSR count). The summed E-state index contributed by atoms with van der Waals surface area (Å²) in [5.74, 6) is 1.48. The molecule has 0 aromatic heterocycles. The monoisotopic (exact) mass is 365 g/mol. The summed E-state index contributed by atoms with van der Waals surface area (Å²) >= 11 is 0. The maximum absolute atomic E-state index is 13.0. The molecule has 0 bridgehead atoms. The van der Waals surface area contributed by atoms with Gasteiger partial charge >= 0.3 is 0 Å². The van der Waals surface area contributed by atoms with Crippen LogP contribution in [0.4, 0.5) is 5.69 Å². The SMILES string of the molecule is COc1ccc(N[C@H](c2ccccc2)[C@H]2Oc3ccccc3[S@@]2=O)cc1. The molecule has 26 heavy (non-hydrogen) atoms. The number of hydrogen-bond acceptors (Lipinski definition) is 4. The van der Waals surface area contributed by atoms with E-state index in [1.54, 1.807) is 7.11 Å². The van der Waals surface area contributed by atoms with E-state index < -0.39 is 16.2 Å². The molecule has 0 radical (unpaired) electrons. The third kappa shape index (κ3) is 3.18. The average Bonchev–Trinajstić information content (AvgIpc) is 3.04. The van der Waals surface area contributed by atoms with Crippen LogP contribution in [-0.4, -0.2) is 16.8 Å². The van der Waals surface area contributed by atoms with Crippen LogP contribution in [0.3, 0.4) is 0 Å². The van der Waals surface area contributed by atoms with Crippen LogP contribution < -0.4 is 14.8 Å². The molecule has 0 amide bonds. The first-order chi connectivity index (χ1) is 12.8. The Kier molecular flexibility index (Phi) is 4.63. The van der Waals surface area contributed by atoms with Crippen LogP contribution in [0.1, 0.15) is 11.6 Å². The Bertz CT molecular complexity index is 912. The van der Waals surface area contributed by atoms with E-state index in [1.807, 2.05) is 78.9 Å². The van der Waals surface area contributed by atoms with E-state index in [4.69, 9.17) is 9.47 Å². The van der Waals surface area contributed by atoms with E-state index in [0.29, 0.717) is 5.75 Å². The van der Waals surface area contributed by atoms with Gasteiger partial charge in [0, 0.05) is 5.69 Å². The molecular weight excluding hydrogens is 346 g/mol. The van der Waals surface area contributed by atoms with Crippen LogP contribution in [0, 0.1) is 0 Å². The molecule has 0 aliphatic carbocycles. The first-order valence-corrected chi connectivity index (χ1v) is 9.59. The summed E-state index contributed by atoms with van der Waals surface area (Å²) in [7, 11) is 0.386. The predicted molar refractivity (Wildman–Crippen MR) is 103 cm³/mol. The highest BCUT2D eigenvalue weighted by Gasteiger charge is 2.38. The van der Waals surface area contributed by atoms with E-state index in [-0.39, 0.29) is 6.04 Å². The average molecular weight is 365 g/mol. The fourth-order valence-corrected chi connectivity index (χ4v) is 4.48. The molecule has 3 aromatic carbocycles. The van der Waals surface area contributed by atoms with E-state index in [0.717, 1.165) is 21.9 Å². The van der Waals surface area contributed by atoms with Crippen molar-refractivity contribution in [2.45, 2.75) is 16.4 Å². The Morgan fingerprint density at radius 3 is 2.35 bits per heavy atom. The minimum absolute atomic E-state index is 0.252. The number of rotatable bonds is 5. The van der Waals surface area contributed by atoms with E-state index >= 15 is 0 Å². The van der Waals surface area contributed by atoms with Crippen LogP contribution in [0.25, 0.3) is 0 Å². The number of fused-ring (bicyclic) bond motifs is 1. The molecule has 3 atom stereocenters. The van der Waals surface area contributed by atoms with Gasteiger partial charge in [-0.25, -0.2) is 0 Å². The zero-order valence-electron chi connectivity index (χ0n) is 14.3. The highest BCUT2D eigenvalue weighted by Crippen LogP contribution is 2.39. The molecule has 0 saturated heterocycles. The molecule has 1 heterocycles. The summed E-state index contributed by atoms with van der Waals surface area (Å²) in [4.78, 5) is 0.745. The molecule has 1 N–H and O–H groups in total. The van der Waals surface area contributed by atoms with Crippen LogP contribution in [0.15, 0.2) is 83.8 Å². The molecule has 1 aliphatic heterocycles. The lowest BCUT2D eigenvalue weighted by Crippen LogP contribution is -2.31.